The molecule has 0 radical (unpaired) electrons. The standard InChI is InChI=1S/C8H13NO3/c1-3-11-8-7(4-5-9-8)12-6(2)10/h9H,3-5H2,1-2H3. The molecule has 0 amide bonds. The van der Waals surface area contributed by atoms with Gasteiger partial charge in [-0.05, 0) is 6.92 Å². The highest BCUT2D eigenvalue weighted by Gasteiger charge is 2.17. The minimum absolute atomic E-state index is 0.300. The Labute approximate surface area is 71.5 Å². The van der Waals surface area contributed by atoms with Crippen molar-refractivity contribution in [1.29, 1.82) is 0 Å². The molecule has 0 aromatic heterocycles. The van der Waals surface area contributed by atoms with Gasteiger partial charge in [0, 0.05) is 19.9 Å². The molecular weight excluding hydrogens is 158 g/mol. The van der Waals surface area contributed by atoms with Gasteiger partial charge in [0.05, 0.1) is 6.61 Å². The molecule has 68 valence electrons. The lowest BCUT2D eigenvalue weighted by molar-refractivity contribution is -0.137. The zero-order valence-electron chi connectivity index (χ0n) is 7.35. The van der Waals surface area contributed by atoms with E-state index in [0.717, 1.165) is 13.0 Å². The van der Waals surface area contributed by atoms with E-state index in [0.29, 0.717) is 18.2 Å². The monoisotopic (exact) mass is 171 g/mol. The van der Waals surface area contributed by atoms with Crippen molar-refractivity contribution in [3.63, 3.8) is 0 Å². The number of carbonyl (C=O) groups is 1. The van der Waals surface area contributed by atoms with Crippen molar-refractivity contribution >= 4 is 5.97 Å². The van der Waals surface area contributed by atoms with E-state index in [9.17, 15) is 4.79 Å². The largest absolute Gasteiger partial charge is 0.477 e. The summed E-state index contributed by atoms with van der Waals surface area (Å²) in [5.41, 5.74) is 0. The second-order valence-corrected chi connectivity index (χ2v) is 2.46. The summed E-state index contributed by atoms with van der Waals surface area (Å²) in [5, 5.41) is 2.99. The molecule has 0 saturated heterocycles. The van der Waals surface area contributed by atoms with Crippen LogP contribution < -0.4 is 5.32 Å². The first-order chi connectivity index (χ1) is 5.74. The molecule has 0 spiro atoms. The van der Waals surface area contributed by atoms with Crippen LogP contribution in [-0.2, 0) is 14.3 Å². The molecule has 1 rings (SSSR count). The molecule has 1 aliphatic heterocycles. The van der Waals surface area contributed by atoms with E-state index in [1.807, 2.05) is 6.92 Å². The molecule has 12 heavy (non-hydrogen) atoms. The van der Waals surface area contributed by atoms with E-state index in [-0.39, 0.29) is 5.97 Å². The first-order valence-electron chi connectivity index (χ1n) is 4.02. The van der Waals surface area contributed by atoms with Gasteiger partial charge in [-0.15, -0.1) is 0 Å². The minimum atomic E-state index is -0.300. The van der Waals surface area contributed by atoms with Crippen LogP contribution in [0.2, 0.25) is 0 Å². The molecule has 1 N–H and O–H groups in total. The van der Waals surface area contributed by atoms with E-state index in [2.05, 4.69) is 5.32 Å². The number of carbonyl (C=O) groups excluding carboxylic acids is 1. The number of hydrogen-bond donors (Lipinski definition) is 1. The molecule has 0 aliphatic carbocycles. The van der Waals surface area contributed by atoms with Gasteiger partial charge in [-0.2, -0.15) is 0 Å². The molecule has 4 nitrogen and oxygen atoms in total. The van der Waals surface area contributed by atoms with Crippen molar-refractivity contribution in [3.8, 4) is 0 Å². The van der Waals surface area contributed by atoms with E-state index >= 15 is 0 Å². The van der Waals surface area contributed by atoms with E-state index in [4.69, 9.17) is 9.47 Å². The summed E-state index contributed by atoms with van der Waals surface area (Å²) in [4.78, 5) is 10.6. The third-order valence-corrected chi connectivity index (χ3v) is 1.45. The van der Waals surface area contributed by atoms with Crippen LogP contribution in [0.25, 0.3) is 0 Å². The summed E-state index contributed by atoms with van der Waals surface area (Å²) in [5.74, 6) is 0.919. The Hall–Kier alpha value is -1.19. The maximum atomic E-state index is 10.6. The number of hydrogen-bond acceptors (Lipinski definition) is 4. The number of esters is 1. The van der Waals surface area contributed by atoms with Crippen LogP contribution in [0.5, 0.6) is 0 Å². The zero-order chi connectivity index (χ0) is 8.97. The molecule has 1 heterocycles. The summed E-state index contributed by atoms with van der Waals surface area (Å²) in [6.07, 6.45) is 0.717. The van der Waals surface area contributed by atoms with Gasteiger partial charge in [0.15, 0.2) is 5.76 Å². The van der Waals surface area contributed by atoms with Gasteiger partial charge in [0.2, 0.25) is 5.88 Å². The van der Waals surface area contributed by atoms with Crippen molar-refractivity contribution in [2.45, 2.75) is 20.3 Å². The summed E-state index contributed by atoms with van der Waals surface area (Å²) < 4.78 is 10.1. The van der Waals surface area contributed by atoms with E-state index in [1.165, 1.54) is 6.92 Å². The molecule has 0 aromatic carbocycles. The van der Waals surface area contributed by atoms with Gasteiger partial charge in [-0.1, -0.05) is 0 Å². The Morgan fingerprint density at radius 2 is 2.42 bits per heavy atom. The van der Waals surface area contributed by atoms with Gasteiger partial charge in [0.25, 0.3) is 0 Å². The quantitative estimate of drug-likeness (QED) is 0.636. The summed E-state index contributed by atoms with van der Waals surface area (Å²) in [6, 6.07) is 0. The molecule has 0 bridgehead atoms. The Morgan fingerprint density at radius 1 is 1.67 bits per heavy atom. The Bertz CT molecular complexity index is 210. The maximum Gasteiger partial charge on any atom is 0.307 e. The summed E-state index contributed by atoms with van der Waals surface area (Å²) in [7, 11) is 0. The topological polar surface area (TPSA) is 47.6 Å². The Balaban J connectivity index is 2.56. The third-order valence-electron chi connectivity index (χ3n) is 1.45. The first-order valence-corrected chi connectivity index (χ1v) is 4.02. The fraction of sp³-hybridized carbons (Fsp3) is 0.625. The fourth-order valence-electron chi connectivity index (χ4n) is 1.05. The van der Waals surface area contributed by atoms with E-state index in [1.54, 1.807) is 0 Å². The van der Waals surface area contributed by atoms with Crippen molar-refractivity contribution < 1.29 is 14.3 Å². The molecular formula is C8H13NO3. The molecule has 1 aliphatic rings. The van der Waals surface area contributed by atoms with Crippen LogP contribution in [0, 0.1) is 0 Å². The van der Waals surface area contributed by atoms with Crippen molar-refractivity contribution in [3.05, 3.63) is 11.6 Å². The van der Waals surface area contributed by atoms with Crippen molar-refractivity contribution in [2.24, 2.45) is 0 Å². The highest BCUT2D eigenvalue weighted by molar-refractivity contribution is 5.67. The van der Waals surface area contributed by atoms with Gasteiger partial charge < -0.3 is 14.8 Å². The lowest BCUT2D eigenvalue weighted by Crippen LogP contribution is -2.10. The maximum absolute atomic E-state index is 10.6. The lowest BCUT2D eigenvalue weighted by Gasteiger charge is -2.06. The predicted molar refractivity (Wildman–Crippen MR) is 43.0 cm³/mol. The predicted octanol–water partition coefficient (Wildman–Crippen LogP) is 0.748. The fourth-order valence-corrected chi connectivity index (χ4v) is 1.05. The smallest absolute Gasteiger partial charge is 0.307 e. The highest BCUT2D eigenvalue weighted by atomic mass is 16.6. The minimum Gasteiger partial charge on any atom is -0.477 e. The SMILES string of the molecule is CCOC1=C(OC(C)=O)CCN1. The van der Waals surface area contributed by atoms with Crippen LogP contribution in [-0.4, -0.2) is 19.1 Å². The van der Waals surface area contributed by atoms with Crippen molar-refractivity contribution in [2.75, 3.05) is 13.2 Å². The van der Waals surface area contributed by atoms with Crippen LogP contribution in [0.15, 0.2) is 11.6 Å². The first kappa shape index (κ1) is 8.90. The molecule has 0 aromatic rings. The molecule has 0 atom stereocenters. The molecule has 0 fully saturated rings. The van der Waals surface area contributed by atoms with Crippen molar-refractivity contribution in [1.82, 2.24) is 5.32 Å². The normalized spacial score (nSPS) is 15.8. The average Bonchev–Trinajstić information content (AvgIpc) is 2.37. The van der Waals surface area contributed by atoms with Crippen LogP contribution in [0.1, 0.15) is 20.3 Å². The average molecular weight is 171 g/mol. The second-order valence-electron chi connectivity index (χ2n) is 2.46. The lowest BCUT2D eigenvalue weighted by atomic mass is 10.4. The van der Waals surface area contributed by atoms with Gasteiger partial charge in [-0.3, -0.25) is 4.79 Å². The van der Waals surface area contributed by atoms with E-state index < -0.39 is 0 Å². The number of rotatable bonds is 3. The summed E-state index contributed by atoms with van der Waals surface area (Å²) >= 11 is 0. The van der Waals surface area contributed by atoms with Crippen LogP contribution >= 0.6 is 0 Å². The van der Waals surface area contributed by atoms with Gasteiger partial charge >= 0.3 is 5.97 Å². The van der Waals surface area contributed by atoms with Gasteiger partial charge in [-0.25, -0.2) is 0 Å². The molecule has 4 heteroatoms. The number of ether oxygens (including phenoxy) is 2. The van der Waals surface area contributed by atoms with Crippen LogP contribution in [0.3, 0.4) is 0 Å². The molecule has 0 unspecified atom stereocenters. The number of nitrogens with one attached hydrogen (secondary N) is 1. The third kappa shape index (κ3) is 2.15. The molecule has 0 saturated carbocycles. The van der Waals surface area contributed by atoms with Crippen LogP contribution in [0.4, 0.5) is 0 Å². The Kier molecular flexibility index (Phi) is 2.96. The second kappa shape index (κ2) is 3.99. The zero-order valence-corrected chi connectivity index (χ0v) is 7.35. The van der Waals surface area contributed by atoms with Gasteiger partial charge in [0.1, 0.15) is 0 Å². The Morgan fingerprint density at radius 3 is 3.00 bits per heavy atom. The summed E-state index contributed by atoms with van der Waals surface area (Å²) in [6.45, 7) is 4.62. The highest BCUT2D eigenvalue weighted by Crippen LogP contribution is 2.15.